The summed E-state index contributed by atoms with van der Waals surface area (Å²) in [5.41, 5.74) is -1.43. The fourth-order valence-electron chi connectivity index (χ4n) is 8.97. The van der Waals surface area contributed by atoms with Crippen LogP contribution in [-0.2, 0) is 40.5 Å². The number of aliphatic carboxylic acids is 1. The van der Waals surface area contributed by atoms with Gasteiger partial charge in [0.1, 0.15) is 23.6 Å². The molecule has 0 unspecified atom stereocenters. The molecule has 2 amide bonds. The topological polar surface area (TPSA) is 193 Å². The Morgan fingerprint density at radius 1 is 1.13 bits per heavy atom. The second-order valence-corrected chi connectivity index (χ2v) is 16.0. The van der Waals surface area contributed by atoms with Crippen molar-refractivity contribution in [2.75, 3.05) is 40.3 Å². The molecule has 2 bridgehead atoms. The summed E-state index contributed by atoms with van der Waals surface area (Å²) in [6, 6.07) is 3.84. The molecule has 6 rings (SSSR count). The van der Waals surface area contributed by atoms with Crippen LogP contribution in [0.2, 0.25) is 0 Å². The van der Waals surface area contributed by atoms with Crippen LogP contribution < -0.4 is 25.4 Å². The van der Waals surface area contributed by atoms with Crippen molar-refractivity contribution in [1.29, 1.82) is 0 Å². The maximum atomic E-state index is 13.8. The molecule has 14 heteroatoms. The molecular weight excluding hydrogens is 684 g/mol. The zero-order valence-electron chi connectivity index (χ0n) is 31.3. The van der Waals surface area contributed by atoms with Gasteiger partial charge in [-0.05, 0) is 96.1 Å². The lowest BCUT2D eigenvalue weighted by molar-refractivity contribution is -0.175. The monoisotopic (exact) mass is 738 g/mol. The van der Waals surface area contributed by atoms with Gasteiger partial charge in [0.15, 0.2) is 17.6 Å². The van der Waals surface area contributed by atoms with Gasteiger partial charge in [0.2, 0.25) is 11.8 Å². The number of piperidine rings is 1. The molecule has 3 aliphatic carbocycles. The number of ketones is 1. The second kappa shape index (κ2) is 15.4. The van der Waals surface area contributed by atoms with E-state index in [-0.39, 0.29) is 37.5 Å². The Morgan fingerprint density at radius 3 is 2.60 bits per heavy atom. The number of amides is 2. The van der Waals surface area contributed by atoms with Gasteiger partial charge in [-0.1, -0.05) is 12.5 Å². The summed E-state index contributed by atoms with van der Waals surface area (Å²) in [6.07, 6.45) is 6.37. The van der Waals surface area contributed by atoms with Crippen LogP contribution in [0.1, 0.15) is 89.2 Å². The number of carboxylic acid groups (broad SMARTS) is 1. The Labute approximate surface area is 310 Å². The Bertz CT molecular complexity index is 1660. The van der Waals surface area contributed by atoms with Crippen molar-refractivity contribution in [2.45, 2.75) is 113 Å². The summed E-state index contributed by atoms with van der Waals surface area (Å²) in [5, 5.41) is 29.8. The van der Waals surface area contributed by atoms with Crippen LogP contribution in [0, 0.1) is 11.8 Å². The minimum Gasteiger partial charge on any atom is -0.493 e. The van der Waals surface area contributed by atoms with Gasteiger partial charge in [0.05, 0.1) is 18.1 Å². The van der Waals surface area contributed by atoms with Gasteiger partial charge in [-0.15, -0.1) is 0 Å². The second-order valence-electron chi connectivity index (χ2n) is 16.0. The first-order valence-electron chi connectivity index (χ1n) is 19.0. The fourth-order valence-corrected chi connectivity index (χ4v) is 8.97. The number of nitrogens with zero attached hydrogens (tertiary/aromatic N) is 1. The predicted molar refractivity (Wildman–Crippen MR) is 192 cm³/mol. The summed E-state index contributed by atoms with van der Waals surface area (Å²) in [5.74, 6) is -1.88. The third-order valence-corrected chi connectivity index (χ3v) is 11.9. The molecule has 5 atom stereocenters. The maximum absolute atomic E-state index is 13.8. The van der Waals surface area contributed by atoms with E-state index in [0.29, 0.717) is 48.9 Å². The lowest BCUT2D eigenvalue weighted by Crippen LogP contribution is -2.75. The van der Waals surface area contributed by atoms with E-state index in [1.807, 2.05) is 13.1 Å². The van der Waals surface area contributed by atoms with Gasteiger partial charge in [0.25, 0.3) is 0 Å². The molecule has 1 saturated heterocycles. The summed E-state index contributed by atoms with van der Waals surface area (Å²) < 4.78 is 18.4. The van der Waals surface area contributed by atoms with Crippen LogP contribution in [0.25, 0.3) is 0 Å². The summed E-state index contributed by atoms with van der Waals surface area (Å²) >= 11 is 0. The molecule has 14 nitrogen and oxygen atoms in total. The number of hydrogen-bond acceptors (Lipinski definition) is 11. The highest BCUT2D eigenvalue weighted by Crippen LogP contribution is 2.65. The molecule has 53 heavy (non-hydrogen) atoms. The number of Topliss-reactive ketones (excluding diaryl/α,β-unsaturated/α-hetero) is 1. The van der Waals surface area contributed by atoms with E-state index in [1.165, 1.54) is 26.7 Å². The molecule has 0 aromatic heterocycles. The first kappa shape index (κ1) is 38.7. The number of likely N-dealkylation sites (tertiary alicyclic amines) is 1. The third-order valence-electron chi connectivity index (χ3n) is 11.9. The van der Waals surface area contributed by atoms with Crippen molar-refractivity contribution < 1.29 is 48.4 Å². The number of carboxylic acids is 1. The van der Waals surface area contributed by atoms with Crippen molar-refractivity contribution in [3.63, 3.8) is 0 Å². The van der Waals surface area contributed by atoms with Gasteiger partial charge in [-0.3, -0.25) is 24.1 Å². The molecular formula is C39H54N4O10. The molecule has 2 aliphatic heterocycles. The summed E-state index contributed by atoms with van der Waals surface area (Å²) in [4.78, 5) is 65.8. The summed E-state index contributed by atoms with van der Waals surface area (Å²) in [7, 11) is 3.40. The first-order chi connectivity index (χ1) is 25.2. The van der Waals surface area contributed by atoms with E-state index in [0.717, 1.165) is 37.2 Å². The van der Waals surface area contributed by atoms with Crippen LogP contribution in [0.3, 0.4) is 0 Å². The minimum atomic E-state index is -1.48. The van der Waals surface area contributed by atoms with Crippen molar-refractivity contribution in [3.05, 3.63) is 35.1 Å². The van der Waals surface area contributed by atoms with Crippen LogP contribution in [0.15, 0.2) is 24.0 Å². The van der Waals surface area contributed by atoms with Crippen molar-refractivity contribution in [1.82, 2.24) is 20.9 Å². The van der Waals surface area contributed by atoms with Crippen LogP contribution in [0.5, 0.6) is 11.5 Å². The Morgan fingerprint density at radius 2 is 1.91 bits per heavy atom. The lowest BCUT2D eigenvalue weighted by Gasteiger charge is -2.62. The molecule has 5 N–H and O–H groups in total. The van der Waals surface area contributed by atoms with Gasteiger partial charge in [0, 0.05) is 49.8 Å². The number of benzene rings is 1. The van der Waals surface area contributed by atoms with E-state index < -0.39 is 58.9 Å². The van der Waals surface area contributed by atoms with E-state index in [1.54, 1.807) is 13.2 Å². The van der Waals surface area contributed by atoms with Crippen LogP contribution >= 0.6 is 0 Å². The number of carbonyl (C=O) groups excluding carboxylic acids is 4. The number of aliphatic hydroxyl groups is 1. The minimum absolute atomic E-state index is 0.116. The fraction of sp³-hybridized carbons (Fsp3) is 0.667. The van der Waals surface area contributed by atoms with Gasteiger partial charge >= 0.3 is 11.9 Å². The largest absolute Gasteiger partial charge is 0.493 e. The number of hydrogen-bond donors (Lipinski definition) is 5. The molecule has 2 heterocycles. The van der Waals surface area contributed by atoms with E-state index in [9.17, 15) is 29.1 Å². The summed E-state index contributed by atoms with van der Waals surface area (Å²) in [6.45, 7) is 5.00. The predicted octanol–water partition coefficient (Wildman–Crippen LogP) is 2.14. The molecule has 1 aromatic rings. The maximum Gasteiger partial charge on any atom is 0.336 e. The molecule has 1 aromatic carbocycles. The average Bonchev–Trinajstić information content (AvgIpc) is 3.86. The number of unbranched alkanes of at least 4 members (excludes halogenated alkanes) is 1. The third kappa shape index (κ3) is 7.54. The quantitative estimate of drug-likeness (QED) is 0.103. The molecule has 1 spiro atoms. The highest BCUT2D eigenvalue weighted by atomic mass is 16.6. The zero-order chi connectivity index (χ0) is 38.1. The molecule has 0 radical (unpaired) electrons. The van der Waals surface area contributed by atoms with Crippen molar-refractivity contribution >= 4 is 29.5 Å². The van der Waals surface area contributed by atoms with Gasteiger partial charge < -0.3 is 40.4 Å². The SMILES string of the molecule is CNCCCC[C@H](CC(=O)CCC(=O)NC(C)(C)C(=O)OC1=CC[C@@]2(O)[C@H]3Cc4ccc(OC)c5c4[C@@]2(CCN3CC2CC2)[C@H]1O5)C(=O)NCC(=O)O. The Kier molecular flexibility index (Phi) is 11.2. The van der Waals surface area contributed by atoms with Crippen LogP contribution in [-0.4, -0.2) is 108 Å². The smallest absolute Gasteiger partial charge is 0.336 e. The standard InChI is InChI=1S/C39H54N4O10/c1-37(2,42-30(45)13-11-26(44)19-25(7-5-6-17-40-3)35(48)41-21-31(46)47)36(49)52-28-14-15-39(50)29-20-24-10-12-27(51-4)33-32(24)38(39,34(28)53-33)16-18-43(29)22-23-8-9-23/h10,12,14,23,25,29,34,40,50H,5-9,11,13,15-22H2,1-4H3,(H,41,48)(H,42,45)(H,46,47)/t25-,29-,34+,38+,39-/m1/s1. The number of rotatable bonds is 19. The van der Waals surface area contributed by atoms with E-state index >= 15 is 0 Å². The highest BCUT2D eigenvalue weighted by Gasteiger charge is 2.72. The van der Waals surface area contributed by atoms with Gasteiger partial charge in [-0.2, -0.15) is 0 Å². The number of methoxy groups -OCH3 is 1. The van der Waals surface area contributed by atoms with Crippen LogP contribution in [0.4, 0.5) is 0 Å². The Balaban J connectivity index is 1.10. The number of carbonyl (C=O) groups is 5. The van der Waals surface area contributed by atoms with Crippen molar-refractivity contribution in [2.24, 2.45) is 11.8 Å². The molecule has 5 aliphatic rings. The lowest BCUT2D eigenvalue weighted by atomic mass is 9.50. The van der Waals surface area contributed by atoms with E-state index in [2.05, 4.69) is 26.9 Å². The number of ether oxygens (including phenoxy) is 3. The van der Waals surface area contributed by atoms with Crippen molar-refractivity contribution in [3.8, 4) is 11.5 Å². The molecule has 1 saturated carbocycles. The molecule has 2 fully saturated rings. The van der Waals surface area contributed by atoms with Gasteiger partial charge in [-0.25, -0.2) is 4.79 Å². The van der Waals surface area contributed by atoms with E-state index in [4.69, 9.17) is 19.3 Å². The highest BCUT2D eigenvalue weighted by molar-refractivity contribution is 5.92. The first-order valence-corrected chi connectivity index (χ1v) is 19.0. The zero-order valence-corrected chi connectivity index (χ0v) is 31.3. The number of esters is 1. The molecule has 290 valence electrons. The Hall–Kier alpha value is -4.01. The average molecular weight is 739 g/mol. The number of nitrogens with one attached hydrogen (secondary N) is 3. The normalized spacial score (nSPS) is 26.0.